The minimum absolute atomic E-state index is 0.0537. The number of sulfonamides is 1. The maximum Gasteiger partial charge on any atom is 0.245 e. The van der Waals surface area contributed by atoms with E-state index in [2.05, 4.69) is 5.32 Å². The molecule has 0 heterocycles. The molecule has 2 rings (SSSR count). The van der Waals surface area contributed by atoms with Gasteiger partial charge in [0.25, 0.3) is 0 Å². The number of carbonyl (C=O) groups excluding carboxylic acids is 1. The van der Waals surface area contributed by atoms with E-state index < -0.39 is 32.3 Å². The molecule has 0 saturated carbocycles. The molecule has 0 spiro atoms. The van der Waals surface area contributed by atoms with Crippen molar-refractivity contribution >= 4 is 37.1 Å². The molecule has 0 aliphatic rings. The van der Waals surface area contributed by atoms with Gasteiger partial charge in [-0.2, -0.15) is 0 Å². The van der Waals surface area contributed by atoms with E-state index in [4.69, 9.17) is 0 Å². The molecule has 8 nitrogen and oxygen atoms in total. The van der Waals surface area contributed by atoms with Gasteiger partial charge in [-0.25, -0.2) is 16.8 Å². The van der Waals surface area contributed by atoms with E-state index in [0.29, 0.717) is 11.3 Å². The average molecular weight is 427 g/mol. The SMILES string of the molecule is CCS(=O)(=O)c1ccc(O)c(NC(=O)CN(c2ccccc2C)S(C)(=O)=O)c1. The molecule has 152 valence electrons. The van der Waals surface area contributed by atoms with Crippen LogP contribution < -0.4 is 9.62 Å². The van der Waals surface area contributed by atoms with Crippen molar-refractivity contribution in [3.05, 3.63) is 48.0 Å². The zero-order valence-corrected chi connectivity index (χ0v) is 17.3. The summed E-state index contributed by atoms with van der Waals surface area (Å²) in [6.07, 6.45) is 0.985. The Balaban J connectivity index is 2.32. The van der Waals surface area contributed by atoms with E-state index in [9.17, 15) is 26.7 Å². The van der Waals surface area contributed by atoms with Crippen molar-refractivity contribution in [2.45, 2.75) is 18.7 Å². The second-order valence-electron chi connectivity index (χ2n) is 6.19. The third-order valence-electron chi connectivity index (χ3n) is 4.05. The Morgan fingerprint density at radius 3 is 2.32 bits per heavy atom. The van der Waals surface area contributed by atoms with E-state index in [1.54, 1.807) is 31.2 Å². The fourth-order valence-corrected chi connectivity index (χ4v) is 4.34. The molecule has 2 N–H and O–H groups in total. The van der Waals surface area contributed by atoms with Crippen LogP contribution in [0.5, 0.6) is 5.75 Å². The van der Waals surface area contributed by atoms with Gasteiger partial charge in [0, 0.05) is 0 Å². The molecule has 0 fully saturated rings. The molecule has 2 aromatic carbocycles. The summed E-state index contributed by atoms with van der Waals surface area (Å²) < 4.78 is 49.3. The lowest BCUT2D eigenvalue weighted by Crippen LogP contribution is -2.37. The standard InChI is InChI=1S/C18H22N2O6S2/c1-4-28(25,26)14-9-10-17(21)15(11-14)19-18(22)12-20(27(3,23)24)16-8-6-5-7-13(16)2/h5-11,21H,4,12H2,1-3H3,(H,19,22). The predicted octanol–water partition coefficient (Wildman–Crippen LogP) is 1.90. The number of aryl methyl sites for hydroxylation is 1. The highest BCUT2D eigenvalue weighted by atomic mass is 32.2. The van der Waals surface area contributed by atoms with Crippen LogP contribution in [0.15, 0.2) is 47.4 Å². The molecule has 0 bridgehead atoms. The van der Waals surface area contributed by atoms with Gasteiger partial charge in [0.05, 0.1) is 28.3 Å². The number of nitrogens with one attached hydrogen (secondary N) is 1. The summed E-state index contributed by atoms with van der Waals surface area (Å²) in [6.45, 7) is 2.66. The number of hydrogen-bond donors (Lipinski definition) is 2. The molecule has 10 heteroatoms. The Labute approximate surface area is 164 Å². The van der Waals surface area contributed by atoms with Crippen LogP contribution in [0.25, 0.3) is 0 Å². The third-order valence-corrected chi connectivity index (χ3v) is 6.91. The normalized spacial score (nSPS) is 11.8. The number of para-hydroxylation sites is 1. The van der Waals surface area contributed by atoms with Gasteiger partial charge in [0.15, 0.2) is 9.84 Å². The number of sulfone groups is 1. The first-order chi connectivity index (χ1) is 13.0. The monoisotopic (exact) mass is 426 g/mol. The lowest BCUT2D eigenvalue weighted by molar-refractivity contribution is -0.114. The van der Waals surface area contributed by atoms with Crippen LogP contribution in [0.3, 0.4) is 0 Å². The largest absolute Gasteiger partial charge is 0.506 e. The number of amides is 1. The van der Waals surface area contributed by atoms with Crippen molar-refractivity contribution in [1.29, 1.82) is 0 Å². The average Bonchev–Trinajstić information content (AvgIpc) is 2.61. The van der Waals surface area contributed by atoms with Gasteiger partial charge in [0.1, 0.15) is 12.3 Å². The zero-order valence-electron chi connectivity index (χ0n) is 15.7. The first-order valence-corrected chi connectivity index (χ1v) is 11.8. The summed E-state index contributed by atoms with van der Waals surface area (Å²) in [6, 6.07) is 10.2. The molecule has 2 aromatic rings. The van der Waals surface area contributed by atoms with Crippen molar-refractivity contribution in [2.75, 3.05) is 28.2 Å². The summed E-state index contributed by atoms with van der Waals surface area (Å²) in [7, 11) is -7.30. The van der Waals surface area contributed by atoms with Crippen LogP contribution >= 0.6 is 0 Å². The van der Waals surface area contributed by atoms with E-state index in [0.717, 1.165) is 22.7 Å². The number of rotatable bonds is 7. The molecule has 0 radical (unpaired) electrons. The molecule has 1 amide bonds. The predicted molar refractivity (Wildman–Crippen MR) is 108 cm³/mol. The van der Waals surface area contributed by atoms with Gasteiger partial charge in [-0.15, -0.1) is 0 Å². The first-order valence-electron chi connectivity index (χ1n) is 8.34. The van der Waals surface area contributed by atoms with Crippen LogP contribution in [-0.2, 0) is 24.7 Å². The number of nitrogens with zero attached hydrogens (tertiary/aromatic N) is 1. The fourth-order valence-electron chi connectivity index (χ4n) is 2.52. The summed E-state index contributed by atoms with van der Waals surface area (Å²) in [5.41, 5.74) is 0.907. The number of carbonyl (C=O) groups is 1. The Hall–Kier alpha value is -2.59. The Bertz CT molecular complexity index is 1090. The number of phenolic OH excluding ortho intramolecular Hbond substituents is 1. The van der Waals surface area contributed by atoms with Crippen LogP contribution in [-0.4, -0.2) is 46.4 Å². The highest BCUT2D eigenvalue weighted by molar-refractivity contribution is 7.92. The van der Waals surface area contributed by atoms with Gasteiger partial charge in [-0.05, 0) is 36.8 Å². The minimum Gasteiger partial charge on any atom is -0.506 e. The summed E-state index contributed by atoms with van der Waals surface area (Å²) >= 11 is 0. The molecule has 0 aliphatic carbocycles. The van der Waals surface area contributed by atoms with Gasteiger partial charge in [-0.1, -0.05) is 25.1 Å². The van der Waals surface area contributed by atoms with E-state index in [1.807, 2.05) is 0 Å². The topological polar surface area (TPSA) is 121 Å². The Morgan fingerprint density at radius 1 is 1.11 bits per heavy atom. The van der Waals surface area contributed by atoms with Gasteiger partial charge in [-0.3, -0.25) is 9.10 Å². The number of aromatic hydroxyl groups is 1. The number of phenols is 1. The molecule has 0 unspecified atom stereocenters. The van der Waals surface area contributed by atoms with Crippen LogP contribution in [0, 0.1) is 6.92 Å². The Morgan fingerprint density at radius 2 is 1.75 bits per heavy atom. The smallest absolute Gasteiger partial charge is 0.245 e. The van der Waals surface area contributed by atoms with E-state index in [-0.39, 0.29) is 22.1 Å². The number of benzene rings is 2. The lowest BCUT2D eigenvalue weighted by atomic mass is 10.2. The van der Waals surface area contributed by atoms with E-state index >= 15 is 0 Å². The van der Waals surface area contributed by atoms with Crippen molar-refractivity contribution in [1.82, 2.24) is 0 Å². The van der Waals surface area contributed by atoms with Crippen molar-refractivity contribution < 1.29 is 26.7 Å². The van der Waals surface area contributed by atoms with Crippen LogP contribution in [0.2, 0.25) is 0 Å². The van der Waals surface area contributed by atoms with Gasteiger partial charge in [0.2, 0.25) is 15.9 Å². The van der Waals surface area contributed by atoms with Crippen molar-refractivity contribution in [2.24, 2.45) is 0 Å². The quantitative estimate of drug-likeness (QED) is 0.652. The lowest BCUT2D eigenvalue weighted by Gasteiger charge is -2.23. The van der Waals surface area contributed by atoms with Crippen molar-refractivity contribution in [3.63, 3.8) is 0 Å². The second kappa shape index (κ2) is 8.19. The third kappa shape index (κ3) is 5.02. The molecule has 0 aromatic heterocycles. The van der Waals surface area contributed by atoms with Crippen LogP contribution in [0.4, 0.5) is 11.4 Å². The maximum atomic E-state index is 12.5. The molecular formula is C18H22N2O6S2. The zero-order chi connectivity index (χ0) is 21.1. The number of anilines is 2. The van der Waals surface area contributed by atoms with E-state index in [1.165, 1.54) is 13.0 Å². The van der Waals surface area contributed by atoms with Crippen LogP contribution in [0.1, 0.15) is 12.5 Å². The van der Waals surface area contributed by atoms with Gasteiger partial charge >= 0.3 is 0 Å². The van der Waals surface area contributed by atoms with Gasteiger partial charge < -0.3 is 10.4 Å². The first kappa shape index (κ1) is 21.7. The summed E-state index contributed by atoms with van der Waals surface area (Å²) in [4.78, 5) is 12.4. The molecule has 0 atom stereocenters. The summed E-state index contributed by atoms with van der Waals surface area (Å²) in [5, 5.41) is 12.3. The number of hydrogen-bond acceptors (Lipinski definition) is 6. The molecular weight excluding hydrogens is 404 g/mol. The molecule has 28 heavy (non-hydrogen) atoms. The summed E-state index contributed by atoms with van der Waals surface area (Å²) in [5.74, 6) is -1.19. The fraction of sp³-hybridized carbons (Fsp3) is 0.278. The van der Waals surface area contributed by atoms with Crippen molar-refractivity contribution in [3.8, 4) is 5.75 Å². The minimum atomic E-state index is -3.76. The second-order valence-corrected chi connectivity index (χ2v) is 10.4. The molecule has 0 saturated heterocycles. The molecule has 0 aliphatic heterocycles. The Kier molecular flexibility index (Phi) is 6.35. The highest BCUT2D eigenvalue weighted by Crippen LogP contribution is 2.27. The maximum absolute atomic E-state index is 12.5. The highest BCUT2D eigenvalue weighted by Gasteiger charge is 2.23.